The lowest BCUT2D eigenvalue weighted by molar-refractivity contribution is -0.239. The molecular weight excluding hydrogens is 276 g/mol. The molecule has 0 bridgehead atoms. The molecule has 0 unspecified atom stereocenters. The molecule has 0 radical (unpaired) electrons. The van der Waals surface area contributed by atoms with Crippen LogP contribution in [0.5, 0.6) is 0 Å². The van der Waals surface area contributed by atoms with Crippen LogP contribution in [0, 0.1) is 0 Å². The maximum Gasteiger partial charge on any atom is 0.185 e. The zero-order valence-electron chi connectivity index (χ0n) is 12.9. The van der Waals surface area contributed by atoms with E-state index in [1.54, 1.807) is 0 Å². The highest BCUT2D eigenvalue weighted by atomic mass is 28.4. The van der Waals surface area contributed by atoms with Gasteiger partial charge in [0.25, 0.3) is 0 Å². The fourth-order valence-corrected chi connectivity index (χ4v) is 4.33. The highest BCUT2D eigenvalue weighted by Gasteiger charge is 2.53. The van der Waals surface area contributed by atoms with Crippen LogP contribution < -0.4 is 0 Å². The molecule has 3 heteroatoms. The standard InChI is InChI=1S/C18H22O2Si/c1-21(2,3)20-18(16-12-8-5-9-13-16)14-19-17(18)15-10-6-4-7-11-15/h4-13,17H,14H2,1-3H3/t17-,18+/m0/s1. The molecule has 0 spiro atoms. The third-order valence-electron chi connectivity index (χ3n) is 3.74. The second-order valence-corrected chi connectivity index (χ2v) is 11.0. The van der Waals surface area contributed by atoms with Gasteiger partial charge in [-0.1, -0.05) is 60.7 Å². The Balaban J connectivity index is 2.02. The summed E-state index contributed by atoms with van der Waals surface area (Å²) in [5.74, 6) is 0. The summed E-state index contributed by atoms with van der Waals surface area (Å²) in [5, 5.41) is 0. The highest BCUT2D eigenvalue weighted by molar-refractivity contribution is 6.69. The minimum absolute atomic E-state index is 0.0205. The zero-order chi connectivity index (χ0) is 14.9. The van der Waals surface area contributed by atoms with Gasteiger partial charge in [0.1, 0.15) is 11.7 Å². The molecule has 21 heavy (non-hydrogen) atoms. The van der Waals surface area contributed by atoms with Crippen LogP contribution in [0.2, 0.25) is 19.6 Å². The van der Waals surface area contributed by atoms with Gasteiger partial charge < -0.3 is 9.16 Å². The predicted molar refractivity (Wildman–Crippen MR) is 87.7 cm³/mol. The van der Waals surface area contributed by atoms with E-state index in [0.717, 1.165) is 0 Å². The second-order valence-electron chi connectivity index (χ2n) is 6.57. The van der Waals surface area contributed by atoms with E-state index in [1.807, 2.05) is 12.1 Å². The lowest BCUT2D eigenvalue weighted by Crippen LogP contribution is -2.55. The van der Waals surface area contributed by atoms with E-state index in [0.29, 0.717) is 6.61 Å². The van der Waals surface area contributed by atoms with E-state index in [-0.39, 0.29) is 11.7 Å². The smallest absolute Gasteiger partial charge is 0.185 e. The van der Waals surface area contributed by atoms with Crippen LogP contribution in [0.4, 0.5) is 0 Å². The van der Waals surface area contributed by atoms with Crippen molar-refractivity contribution in [3.05, 3.63) is 71.8 Å². The van der Waals surface area contributed by atoms with Crippen molar-refractivity contribution in [2.75, 3.05) is 6.61 Å². The van der Waals surface area contributed by atoms with Crippen molar-refractivity contribution in [1.82, 2.24) is 0 Å². The maximum absolute atomic E-state index is 6.63. The van der Waals surface area contributed by atoms with Gasteiger partial charge in [0.05, 0.1) is 6.61 Å². The van der Waals surface area contributed by atoms with Crippen molar-refractivity contribution in [3.8, 4) is 0 Å². The van der Waals surface area contributed by atoms with Crippen LogP contribution in [-0.2, 0) is 14.8 Å². The molecule has 1 aliphatic heterocycles. The summed E-state index contributed by atoms with van der Waals surface area (Å²) >= 11 is 0. The van der Waals surface area contributed by atoms with Crippen molar-refractivity contribution in [3.63, 3.8) is 0 Å². The Bertz CT molecular complexity index is 592. The lowest BCUT2D eigenvalue weighted by atomic mass is 9.81. The van der Waals surface area contributed by atoms with Gasteiger partial charge in [-0.3, -0.25) is 0 Å². The molecule has 0 aromatic heterocycles. The Labute approximate surface area is 127 Å². The summed E-state index contributed by atoms with van der Waals surface area (Å²) in [4.78, 5) is 0. The van der Waals surface area contributed by atoms with Gasteiger partial charge in [-0.2, -0.15) is 0 Å². The summed E-state index contributed by atoms with van der Waals surface area (Å²) in [6.45, 7) is 7.33. The molecule has 0 amide bonds. The van der Waals surface area contributed by atoms with Gasteiger partial charge in [-0.15, -0.1) is 0 Å². The van der Waals surface area contributed by atoms with Crippen LogP contribution in [-0.4, -0.2) is 14.9 Å². The van der Waals surface area contributed by atoms with Gasteiger partial charge in [0.15, 0.2) is 8.32 Å². The van der Waals surface area contributed by atoms with Crippen molar-refractivity contribution < 1.29 is 9.16 Å². The van der Waals surface area contributed by atoms with Crippen molar-refractivity contribution in [2.24, 2.45) is 0 Å². The molecule has 1 saturated heterocycles. The topological polar surface area (TPSA) is 18.5 Å². The average Bonchev–Trinajstić information content (AvgIpc) is 2.45. The summed E-state index contributed by atoms with van der Waals surface area (Å²) < 4.78 is 12.6. The summed E-state index contributed by atoms with van der Waals surface area (Å²) in [7, 11) is -1.70. The number of benzene rings is 2. The Morgan fingerprint density at radius 2 is 1.52 bits per heavy atom. The Kier molecular flexibility index (Phi) is 3.74. The summed E-state index contributed by atoms with van der Waals surface area (Å²) in [6, 6.07) is 20.9. The molecule has 1 heterocycles. The molecule has 2 atom stereocenters. The molecule has 0 aliphatic carbocycles. The van der Waals surface area contributed by atoms with Gasteiger partial charge in [-0.25, -0.2) is 0 Å². The molecule has 2 aromatic carbocycles. The quantitative estimate of drug-likeness (QED) is 0.773. The Hall–Kier alpha value is -1.42. The first-order valence-corrected chi connectivity index (χ1v) is 10.8. The van der Waals surface area contributed by atoms with E-state index in [1.165, 1.54) is 11.1 Å². The van der Waals surface area contributed by atoms with E-state index in [9.17, 15) is 0 Å². The fourth-order valence-electron chi connectivity index (χ4n) is 2.95. The minimum Gasteiger partial charge on any atom is -0.403 e. The van der Waals surface area contributed by atoms with E-state index in [2.05, 4.69) is 68.2 Å². The van der Waals surface area contributed by atoms with Gasteiger partial charge in [0.2, 0.25) is 0 Å². The normalized spacial score (nSPS) is 25.4. The fraction of sp³-hybridized carbons (Fsp3) is 0.333. The molecule has 2 aromatic rings. The van der Waals surface area contributed by atoms with Crippen LogP contribution in [0.15, 0.2) is 60.7 Å². The van der Waals surface area contributed by atoms with E-state index in [4.69, 9.17) is 9.16 Å². The van der Waals surface area contributed by atoms with E-state index < -0.39 is 8.32 Å². The lowest BCUT2D eigenvalue weighted by Gasteiger charge is -2.52. The highest BCUT2D eigenvalue weighted by Crippen LogP contribution is 2.50. The first-order chi connectivity index (χ1) is 10.0. The van der Waals surface area contributed by atoms with Crippen LogP contribution in [0.25, 0.3) is 0 Å². The minimum atomic E-state index is -1.70. The number of hydrogen-bond acceptors (Lipinski definition) is 2. The zero-order valence-corrected chi connectivity index (χ0v) is 13.9. The SMILES string of the molecule is C[Si](C)(C)O[C@@]1(c2ccccc2)CO[C@H]1c1ccccc1. The van der Waals surface area contributed by atoms with Gasteiger partial charge >= 0.3 is 0 Å². The molecule has 2 nitrogen and oxygen atoms in total. The van der Waals surface area contributed by atoms with Gasteiger partial charge in [0, 0.05) is 0 Å². The van der Waals surface area contributed by atoms with Crippen molar-refractivity contribution in [1.29, 1.82) is 0 Å². The molecular formula is C18H22O2Si. The van der Waals surface area contributed by atoms with E-state index >= 15 is 0 Å². The molecule has 0 saturated carbocycles. The molecule has 1 aliphatic rings. The predicted octanol–water partition coefficient (Wildman–Crippen LogP) is 4.50. The monoisotopic (exact) mass is 298 g/mol. The van der Waals surface area contributed by atoms with Crippen LogP contribution in [0.1, 0.15) is 17.2 Å². The summed E-state index contributed by atoms with van der Waals surface area (Å²) in [6.07, 6.45) is -0.0205. The van der Waals surface area contributed by atoms with Crippen molar-refractivity contribution in [2.45, 2.75) is 31.3 Å². The van der Waals surface area contributed by atoms with Crippen molar-refractivity contribution >= 4 is 8.32 Å². The number of ether oxygens (including phenoxy) is 1. The third-order valence-corrected chi connectivity index (χ3v) is 4.72. The number of hydrogen-bond donors (Lipinski definition) is 0. The molecule has 3 rings (SSSR count). The largest absolute Gasteiger partial charge is 0.403 e. The number of rotatable bonds is 4. The first kappa shape index (κ1) is 14.5. The Morgan fingerprint density at radius 3 is 2.00 bits per heavy atom. The molecule has 0 N–H and O–H groups in total. The maximum atomic E-state index is 6.63. The first-order valence-electron chi connectivity index (χ1n) is 7.43. The third kappa shape index (κ3) is 2.82. The summed E-state index contributed by atoms with van der Waals surface area (Å²) in [5.41, 5.74) is 2.06. The van der Waals surface area contributed by atoms with Crippen LogP contribution >= 0.6 is 0 Å². The second kappa shape index (κ2) is 5.41. The van der Waals surface area contributed by atoms with Gasteiger partial charge in [-0.05, 0) is 30.8 Å². The molecule has 1 fully saturated rings. The van der Waals surface area contributed by atoms with Crippen LogP contribution in [0.3, 0.4) is 0 Å². The average molecular weight is 298 g/mol. The Morgan fingerprint density at radius 1 is 0.952 bits per heavy atom. The molecule has 110 valence electrons.